The van der Waals surface area contributed by atoms with Crippen molar-refractivity contribution in [2.75, 3.05) is 19.6 Å². The monoisotopic (exact) mass is 456 g/mol. The Balaban J connectivity index is 1.30. The largest absolute Gasteiger partial charge is 0.489 e. The molecule has 0 aromatic heterocycles. The minimum atomic E-state index is -0.908. The molecule has 174 valence electrons. The smallest absolute Gasteiger partial charge is 0.124 e. The first kappa shape index (κ1) is 22.6. The highest BCUT2D eigenvalue weighted by molar-refractivity contribution is 5.55. The summed E-state index contributed by atoms with van der Waals surface area (Å²) in [6.07, 6.45) is 2.77. The van der Waals surface area contributed by atoms with E-state index in [0.29, 0.717) is 25.9 Å². The number of nitriles is 1. The summed E-state index contributed by atoms with van der Waals surface area (Å²) < 4.78 is 19.4. The van der Waals surface area contributed by atoms with Crippen molar-refractivity contribution in [2.24, 2.45) is 0 Å². The number of ether oxygens (including phenoxy) is 1. The van der Waals surface area contributed by atoms with Crippen LogP contribution < -0.4 is 4.74 Å². The van der Waals surface area contributed by atoms with Gasteiger partial charge in [0.1, 0.15) is 23.6 Å². The number of nitrogens with zero attached hydrogens (tertiary/aromatic N) is 2. The molecule has 1 unspecified atom stereocenters. The van der Waals surface area contributed by atoms with E-state index in [1.54, 1.807) is 12.1 Å². The normalized spacial score (nSPS) is 21.4. The standard InChI is InChI=1S/C29H29FN2O2/c30-24-12-10-23(11-13-24)29(33)15-18-32(19-16-29)17-5-14-28(21-31)25-7-2-1-6-22(25)20-34-27-9-4-3-8-26(27)28/h1-4,6-13,33H,5,14-20H2. The Morgan fingerprint density at radius 2 is 1.62 bits per heavy atom. The van der Waals surface area contributed by atoms with Gasteiger partial charge in [-0.2, -0.15) is 5.26 Å². The topological polar surface area (TPSA) is 56.5 Å². The number of hydrogen-bond donors (Lipinski definition) is 1. The minimum absolute atomic E-state index is 0.289. The minimum Gasteiger partial charge on any atom is -0.489 e. The molecule has 1 N–H and O–H groups in total. The first-order valence-electron chi connectivity index (χ1n) is 12.0. The lowest BCUT2D eigenvalue weighted by atomic mass is 9.71. The molecule has 4 nitrogen and oxygen atoms in total. The van der Waals surface area contributed by atoms with Gasteiger partial charge < -0.3 is 14.7 Å². The Kier molecular flexibility index (Phi) is 6.12. The second-order valence-electron chi connectivity index (χ2n) is 9.44. The van der Waals surface area contributed by atoms with Crippen LogP contribution in [0.2, 0.25) is 0 Å². The molecule has 0 bridgehead atoms. The number of hydrogen-bond acceptors (Lipinski definition) is 4. The van der Waals surface area contributed by atoms with E-state index >= 15 is 0 Å². The third kappa shape index (κ3) is 4.09. The van der Waals surface area contributed by atoms with Crippen molar-refractivity contribution < 1.29 is 14.2 Å². The van der Waals surface area contributed by atoms with Gasteiger partial charge in [0.2, 0.25) is 0 Å². The quantitative estimate of drug-likeness (QED) is 0.567. The van der Waals surface area contributed by atoms with Gasteiger partial charge in [-0.1, -0.05) is 54.6 Å². The molecular weight excluding hydrogens is 427 g/mol. The molecule has 1 saturated heterocycles. The summed E-state index contributed by atoms with van der Waals surface area (Å²) in [5.74, 6) is 0.492. The van der Waals surface area contributed by atoms with Gasteiger partial charge in [0.05, 0.1) is 11.7 Å². The van der Waals surface area contributed by atoms with Crippen LogP contribution in [-0.2, 0) is 17.6 Å². The van der Waals surface area contributed by atoms with E-state index in [4.69, 9.17) is 4.74 Å². The lowest BCUT2D eigenvalue weighted by Crippen LogP contribution is -2.43. The van der Waals surface area contributed by atoms with Gasteiger partial charge in [-0.3, -0.25) is 0 Å². The molecule has 5 heteroatoms. The second-order valence-corrected chi connectivity index (χ2v) is 9.44. The Labute approximate surface area is 200 Å². The molecule has 0 saturated carbocycles. The molecule has 0 amide bonds. The molecule has 5 rings (SSSR count). The van der Waals surface area contributed by atoms with E-state index in [0.717, 1.165) is 54.1 Å². The Bertz CT molecular complexity index is 1150. The number of rotatable bonds is 5. The van der Waals surface area contributed by atoms with E-state index in [1.807, 2.05) is 42.5 Å². The summed E-state index contributed by atoms with van der Waals surface area (Å²) in [6.45, 7) is 2.85. The van der Waals surface area contributed by atoms with Gasteiger partial charge in [-0.05, 0) is 67.1 Å². The van der Waals surface area contributed by atoms with E-state index in [1.165, 1.54) is 12.1 Å². The molecule has 1 fully saturated rings. The predicted molar refractivity (Wildman–Crippen MR) is 129 cm³/mol. The van der Waals surface area contributed by atoms with Gasteiger partial charge in [0.15, 0.2) is 0 Å². The molecule has 1 atom stereocenters. The van der Waals surface area contributed by atoms with Crippen LogP contribution in [0.3, 0.4) is 0 Å². The fourth-order valence-corrected chi connectivity index (χ4v) is 5.52. The molecule has 2 aliphatic rings. The van der Waals surface area contributed by atoms with Crippen molar-refractivity contribution in [3.8, 4) is 11.8 Å². The van der Waals surface area contributed by atoms with Crippen molar-refractivity contribution in [3.05, 3.63) is 101 Å². The zero-order valence-electron chi connectivity index (χ0n) is 19.2. The van der Waals surface area contributed by atoms with Crippen LogP contribution in [0.5, 0.6) is 5.75 Å². The molecule has 0 radical (unpaired) electrons. The van der Waals surface area contributed by atoms with Gasteiger partial charge >= 0.3 is 0 Å². The first-order chi connectivity index (χ1) is 16.5. The zero-order valence-corrected chi connectivity index (χ0v) is 19.2. The van der Waals surface area contributed by atoms with E-state index in [-0.39, 0.29) is 5.82 Å². The zero-order chi connectivity index (χ0) is 23.6. The molecule has 0 aliphatic carbocycles. The van der Waals surface area contributed by atoms with Crippen molar-refractivity contribution in [2.45, 2.75) is 43.3 Å². The lowest BCUT2D eigenvalue weighted by Gasteiger charge is -2.39. The molecule has 3 aromatic rings. The van der Waals surface area contributed by atoms with Crippen LogP contribution in [-0.4, -0.2) is 29.6 Å². The van der Waals surface area contributed by atoms with E-state index < -0.39 is 11.0 Å². The van der Waals surface area contributed by atoms with Crippen LogP contribution in [0.1, 0.15) is 47.9 Å². The van der Waals surface area contributed by atoms with Crippen LogP contribution in [0.15, 0.2) is 72.8 Å². The molecule has 2 aliphatic heterocycles. The van der Waals surface area contributed by atoms with Crippen LogP contribution in [0.4, 0.5) is 4.39 Å². The fourth-order valence-electron chi connectivity index (χ4n) is 5.52. The van der Waals surface area contributed by atoms with Crippen molar-refractivity contribution in [1.29, 1.82) is 5.26 Å². The highest BCUT2D eigenvalue weighted by Gasteiger charge is 2.40. The maximum absolute atomic E-state index is 13.3. The first-order valence-corrected chi connectivity index (χ1v) is 12.0. The Morgan fingerprint density at radius 1 is 0.941 bits per heavy atom. The molecule has 3 aromatic carbocycles. The van der Waals surface area contributed by atoms with Gasteiger partial charge in [0, 0.05) is 18.7 Å². The second kappa shape index (κ2) is 9.21. The van der Waals surface area contributed by atoms with Gasteiger partial charge in [-0.15, -0.1) is 0 Å². The highest BCUT2D eigenvalue weighted by atomic mass is 19.1. The van der Waals surface area contributed by atoms with Crippen molar-refractivity contribution in [1.82, 2.24) is 4.90 Å². The SMILES string of the molecule is N#CC1(CCCN2CCC(O)(c3ccc(F)cc3)CC2)c2ccccc2COc2ccccc21. The Morgan fingerprint density at radius 3 is 2.35 bits per heavy atom. The van der Waals surface area contributed by atoms with Crippen molar-refractivity contribution >= 4 is 0 Å². The molecule has 0 spiro atoms. The Hall–Kier alpha value is -3.20. The third-order valence-electron chi connectivity index (χ3n) is 7.49. The van der Waals surface area contributed by atoms with Gasteiger partial charge in [0.25, 0.3) is 0 Å². The number of piperidine rings is 1. The van der Waals surface area contributed by atoms with E-state index in [2.05, 4.69) is 17.0 Å². The number of aliphatic hydroxyl groups is 1. The summed E-state index contributed by atoms with van der Waals surface area (Å²) in [6, 6.07) is 24.9. The lowest BCUT2D eigenvalue weighted by molar-refractivity contribution is -0.0262. The van der Waals surface area contributed by atoms with Gasteiger partial charge in [-0.25, -0.2) is 4.39 Å². The van der Waals surface area contributed by atoms with Crippen LogP contribution >= 0.6 is 0 Å². The van der Waals surface area contributed by atoms with Crippen LogP contribution in [0.25, 0.3) is 0 Å². The summed E-state index contributed by atoms with van der Waals surface area (Å²) >= 11 is 0. The summed E-state index contributed by atoms with van der Waals surface area (Å²) in [7, 11) is 0. The summed E-state index contributed by atoms with van der Waals surface area (Å²) in [5, 5.41) is 21.6. The van der Waals surface area contributed by atoms with E-state index in [9.17, 15) is 14.8 Å². The van der Waals surface area contributed by atoms with Crippen molar-refractivity contribution in [3.63, 3.8) is 0 Å². The number of likely N-dealkylation sites (tertiary alicyclic amines) is 1. The molecular formula is C29H29FN2O2. The predicted octanol–water partition coefficient (Wildman–Crippen LogP) is 5.29. The fraction of sp³-hybridized carbons (Fsp3) is 0.345. The number of benzene rings is 3. The molecule has 2 heterocycles. The average molecular weight is 457 g/mol. The maximum Gasteiger partial charge on any atom is 0.124 e. The summed E-state index contributed by atoms with van der Waals surface area (Å²) in [4.78, 5) is 2.36. The average Bonchev–Trinajstić information content (AvgIpc) is 3.01. The number of fused-ring (bicyclic) bond motifs is 2. The maximum atomic E-state index is 13.3. The molecule has 34 heavy (non-hydrogen) atoms. The third-order valence-corrected chi connectivity index (χ3v) is 7.49. The number of halogens is 1. The van der Waals surface area contributed by atoms with Crippen LogP contribution in [0, 0.1) is 17.1 Å². The number of para-hydroxylation sites is 1. The highest BCUT2D eigenvalue weighted by Crippen LogP contribution is 2.45. The summed E-state index contributed by atoms with van der Waals surface area (Å²) in [5.41, 5.74) is 2.15.